The molecule has 0 aliphatic rings. The van der Waals surface area contributed by atoms with Crippen LogP contribution in [0.5, 0.6) is 0 Å². The van der Waals surface area contributed by atoms with Gasteiger partial charge in [0.1, 0.15) is 10.8 Å². The average molecular weight is 385 g/mol. The van der Waals surface area contributed by atoms with Crippen LogP contribution >= 0.6 is 11.6 Å². The SMILES string of the molecule is CC(=O)c1c(C)ccc2nc(Cn3nc(C(F)(F)F)cc3Cl)cc(=O)n12. The predicted octanol–water partition coefficient (Wildman–Crippen LogP) is 3.12. The fraction of sp³-hybridized carbons (Fsp3) is 0.250. The summed E-state index contributed by atoms with van der Waals surface area (Å²) >= 11 is 5.79. The molecule has 3 aromatic heterocycles. The van der Waals surface area contributed by atoms with Crippen molar-refractivity contribution in [3.05, 3.63) is 62.4 Å². The molecule has 0 N–H and O–H groups in total. The van der Waals surface area contributed by atoms with Crippen LogP contribution in [0.3, 0.4) is 0 Å². The van der Waals surface area contributed by atoms with E-state index in [1.54, 1.807) is 19.1 Å². The summed E-state index contributed by atoms with van der Waals surface area (Å²) in [5.41, 5.74) is -0.433. The zero-order valence-corrected chi connectivity index (χ0v) is 14.4. The highest BCUT2D eigenvalue weighted by molar-refractivity contribution is 6.29. The van der Waals surface area contributed by atoms with E-state index in [0.29, 0.717) is 11.6 Å². The van der Waals surface area contributed by atoms with Crippen LogP contribution in [0, 0.1) is 6.92 Å². The molecule has 0 radical (unpaired) electrons. The maximum absolute atomic E-state index is 12.7. The van der Waals surface area contributed by atoms with E-state index in [9.17, 15) is 22.8 Å². The summed E-state index contributed by atoms with van der Waals surface area (Å²) in [7, 11) is 0. The van der Waals surface area contributed by atoms with Crippen LogP contribution in [0.15, 0.2) is 29.1 Å². The molecule has 6 nitrogen and oxygen atoms in total. The van der Waals surface area contributed by atoms with Gasteiger partial charge in [0.05, 0.1) is 17.9 Å². The van der Waals surface area contributed by atoms with Crippen LogP contribution in [0.25, 0.3) is 5.65 Å². The van der Waals surface area contributed by atoms with Gasteiger partial charge >= 0.3 is 6.18 Å². The van der Waals surface area contributed by atoms with Gasteiger partial charge in [0, 0.05) is 19.1 Å². The summed E-state index contributed by atoms with van der Waals surface area (Å²) < 4.78 is 40.2. The molecule has 3 aromatic rings. The van der Waals surface area contributed by atoms with E-state index >= 15 is 0 Å². The second-order valence-electron chi connectivity index (χ2n) is 5.71. The first-order valence-electron chi connectivity index (χ1n) is 7.41. The number of Topliss-reactive ketones (excluding diaryl/α,β-unsaturated/α-hetero) is 1. The Morgan fingerprint density at radius 1 is 1.27 bits per heavy atom. The molecular weight excluding hydrogens is 373 g/mol. The first-order valence-corrected chi connectivity index (χ1v) is 7.79. The lowest BCUT2D eigenvalue weighted by Gasteiger charge is -2.10. The molecule has 0 bridgehead atoms. The van der Waals surface area contributed by atoms with E-state index < -0.39 is 17.4 Å². The fourth-order valence-electron chi connectivity index (χ4n) is 2.65. The number of aryl methyl sites for hydroxylation is 1. The quantitative estimate of drug-likeness (QED) is 0.651. The number of rotatable bonds is 3. The van der Waals surface area contributed by atoms with Crippen molar-refractivity contribution in [2.45, 2.75) is 26.6 Å². The average Bonchev–Trinajstić information content (AvgIpc) is 2.88. The lowest BCUT2D eigenvalue weighted by Crippen LogP contribution is -2.22. The van der Waals surface area contributed by atoms with Crippen molar-refractivity contribution < 1.29 is 18.0 Å². The van der Waals surface area contributed by atoms with Crippen LogP contribution < -0.4 is 5.56 Å². The highest BCUT2D eigenvalue weighted by Crippen LogP contribution is 2.30. The van der Waals surface area contributed by atoms with E-state index in [1.165, 1.54) is 11.3 Å². The van der Waals surface area contributed by atoms with Gasteiger partial charge in [-0.15, -0.1) is 0 Å². The van der Waals surface area contributed by atoms with Gasteiger partial charge in [-0.05, 0) is 18.6 Å². The largest absolute Gasteiger partial charge is 0.435 e. The highest BCUT2D eigenvalue weighted by Gasteiger charge is 2.34. The molecule has 0 aromatic carbocycles. The summed E-state index contributed by atoms with van der Waals surface area (Å²) in [6.07, 6.45) is -4.63. The molecule has 0 unspecified atom stereocenters. The van der Waals surface area contributed by atoms with Crippen LogP contribution in [-0.4, -0.2) is 24.9 Å². The molecule has 3 heterocycles. The smallest absolute Gasteiger partial charge is 0.293 e. The Hall–Kier alpha value is -2.68. The van der Waals surface area contributed by atoms with Crippen molar-refractivity contribution in [2.24, 2.45) is 0 Å². The summed E-state index contributed by atoms with van der Waals surface area (Å²) in [5.74, 6) is -0.297. The van der Waals surface area contributed by atoms with Crippen LogP contribution in [0.1, 0.15) is 34.4 Å². The Kier molecular flexibility index (Phi) is 4.35. The molecule has 26 heavy (non-hydrogen) atoms. The monoisotopic (exact) mass is 384 g/mol. The minimum Gasteiger partial charge on any atom is -0.293 e. The van der Waals surface area contributed by atoms with Gasteiger partial charge in [-0.1, -0.05) is 17.7 Å². The lowest BCUT2D eigenvalue weighted by atomic mass is 10.1. The Bertz CT molecular complexity index is 1090. The molecule has 0 saturated heterocycles. The normalized spacial score (nSPS) is 11.9. The van der Waals surface area contributed by atoms with Gasteiger partial charge in [0.25, 0.3) is 5.56 Å². The Labute approximate surface area is 149 Å². The number of halogens is 4. The topological polar surface area (TPSA) is 69.3 Å². The van der Waals surface area contributed by atoms with Crippen molar-refractivity contribution >= 4 is 23.0 Å². The molecule has 136 valence electrons. The number of hydrogen-bond donors (Lipinski definition) is 0. The minimum absolute atomic E-state index is 0.173. The fourth-order valence-corrected chi connectivity index (χ4v) is 2.85. The van der Waals surface area contributed by atoms with E-state index in [4.69, 9.17) is 11.6 Å². The van der Waals surface area contributed by atoms with Gasteiger partial charge in [0.15, 0.2) is 11.5 Å². The van der Waals surface area contributed by atoms with Crippen molar-refractivity contribution in [2.75, 3.05) is 0 Å². The Balaban J connectivity index is 2.09. The second-order valence-corrected chi connectivity index (χ2v) is 6.10. The third-order valence-corrected chi connectivity index (χ3v) is 4.05. The first-order chi connectivity index (χ1) is 12.1. The van der Waals surface area contributed by atoms with Crippen LogP contribution in [-0.2, 0) is 12.7 Å². The number of carbonyl (C=O) groups is 1. The molecule has 10 heteroatoms. The van der Waals surface area contributed by atoms with Gasteiger partial charge in [0.2, 0.25) is 0 Å². The van der Waals surface area contributed by atoms with Crippen molar-refractivity contribution in [3.63, 3.8) is 0 Å². The minimum atomic E-state index is -4.63. The van der Waals surface area contributed by atoms with Gasteiger partial charge in [-0.3, -0.25) is 14.0 Å². The first kappa shape index (κ1) is 18.1. The van der Waals surface area contributed by atoms with E-state index in [2.05, 4.69) is 10.1 Å². The summed E-state index contributed by atoms with van der Waals surface area (Å²) in [5, 5.41) is 3.17. The molecule has 0 atom stereocenters. The molecule has 0 fully saturated rings. The maximum Gasteiger partial charge on any atom is 0.435 e. The number of carbonyl (C=O) groups excluding carboxylic acids is 1. The second kappa shape index (κ2) is 6.24. The predicted molar refractivity (Wildman–Crippen MR) is 87.5 cm³/mol. The zero-order valence-electron chi connectivity index (χ0n) is 13.6. The third kappa shape index (κ3) is 3.22. The van der Waals surface area contributed by atoms with E-state index in [0.717, 1.165) is 10.7 Å². The lowest BCUT2D eigenvalue weighted by molar-refractivity contribution is -0.141. The molecular formula is C16H12ClF3N4O2. The zero-order chi connectivity index (χ0) is 19.2. The number of hydrogen-bond acceptors (Lipinski definition) is 4. The van der Waals surface area contributed by atoms with Gasteiger partial charge in [-0.25, -0.2) is 9.67 Å². The number of nitrogens with zero attached hydrogens (tertiary/aromatic N) is 4. The Morgan fingerprint density at radius 2 is 1.96 bits per heavy atom. The molecule has 0 aliphatic heterocycles. The number of pyridine rings is 1. The number of alkyl halides is 3. The highest BCUT2D eigenvalue weighted by atomic mass is 35.5. The standard InChI is InChI=1S/C16H12ClF3N4O2/c1-8-3-4-13-21-10(5-14(26)24(13)15(8)9(2)25)7-23-12(17)6-11(22-23)16(18,19)20/h3-6H,7H2,1-2H3. The maximum atomic E-state index is 12.7. The van der Waals surface area contributed by atoms with Crippen molar-refractivity contribution in [1.82, 2.24) is 19.2 Å². The van der Waals surface area contributed by atoms with Gasteiger partial charge in [-0.2, -0.15) is 18.3 Å². The summed E-state index contributed by atoms with van der Waals surface area (Å²) in [6.45, 7) is 2.81. The van der Waals surface area contributed by atoms with Crippen molar-refractivity contribution in [1.29, 1.82) is 0 Å². The van der Waals surface area contributed by atoms with Crippen LogP contribution in [0.2, 0.25) is 5.15 Å². The molecule has 0 amide bonds. The number of aromatic nitrogens is 4. The number of fused-ring (bicyclic) bond motifs is 1. The number of ketones is 1. The van der Waals surface area contributed by atoms with E-state index in [1.807, 2.05) is 0 Å². The van der Waals surface area contributed by atoms with Crippen molar-refractivity contribution in [3.8, 4) is 0 Å². The molecule has 0 aliphatic carbocycles. The molecule has 0 spiro atoms. The Morgan fingerprint density at radius 3 is 2.54 bits per heavy atom. The molecule has 3 rings (SSSR count). The van der Waals surface area contributed by atoms with Crippen LogP contribution in [0.4, 0.5) is 13.2 Å². The third-order valence-electron chi connectivity index (χ3n) is 3.74. The molecule has 0 saturated carbocycles. The van der Waals surface area contributed by atoms with Gasteiger partial charge < -0.3 is 0 Å². The van der Waals surface area contributed by atoms with E-state index in [-0.39, 0.29) is 34.5 Å². The summed E-state index contributed by atoms with van der Waals surface area (Å²) in [6, 6.07) is 5.04. The summed E-state index contributed by atoms with van der Waals surface area (Å²) in [4.78, 5) is 28.5.